The number of aromatic nitrogens is 2. The zero-order valence-electron chi connectivity index (χ0n) is 22.4. The summed E-state index contributed by atoms with van der Waals surface area (Å²) in [7, 11) is 1.36. The average Bonchev–Trinajstić information content (AvgIpc) is 3.26. The number of carbonyl (C=O) groups is 2. The van der Waals surface area contributed by atoms with Crippen LogP contribution in [0.25, 0.3) is 10.2 Å². The van der Waals surface area contributed by atoms with Crippen molar-refractivity contribution in [2.75, 3.05) is 7.11 Å². The van der Waals surface area contributed by atoms with Crippen molar-refractivity contribution < 1.29 is 23.5 Å². The molecule has 0 aliphatic rings. The summed E-state index contributed by atoms with van der Waals surface area (Å²) in [6.07, 6.45) is 0.604. The molecular weight excluding hydrogens is 523 g/mol. The first-order chi connectivity index (χ1) is 18.5. The van der Waals surface area contributed by atoms with Gasteiger partial charge in [-0.1, -0.05) is 37.3 Å². The highest BCUT2D eigenvalue weighted by atomic mass is 32.1. The Hall–Kier alpha value is -4.05. The van der Waals surface area contributed by atoms with E-state index in [9.17, 15) is 23.6 Å². The maximum absolute atomic E-state index is 14.0. The monoisotopic (exact) mass is 552 g/mol. The van der Waals surface area contributed by atoms with Crippen LogP contribution in [0.5, 0.6) is 5.75 Å². The highest BCUT2D eigenvalue weighted by Gasteiger charge is 2.37. The number of benzene rings is 2. The third-order valence-corrected chi connectivity index (χ3v) is 8.13. The van der Waals surface area contributed by atoms with Crippen LogP contribution in [0.2, 0.25) is 0 Å². The van der Waals surface area contributed by atoms with Gasteiger partial charge in [0, 0.05) is 4.88 Å². The Balaban J connectivity index is 1.86. The van der Waals surface area contributed by atoms with Gasteiger partial charge in [0.15, 0.2) is 5.78 Å². The Morgan fingerprint density at radius 2 is 1.77 bits per heavy atom. The van der Waals surface area contributed by atoms with E-state index in [1.807, 2.05) is 13.0 Å². The number of thiophene rings is 1. The van der Waals surface area contributed by atoms with Crippen molar-refractivity contribution in [3.63, 3.8) is 0 Å². The van der Waals surface area contributed by atoms with Gasteiger partial charge in [-0.05, 0) is 56.5 Å². The number of nitrogens with zero attached hydrogens (tertiary/aromatic N) is 2. The van der Waals surface area contributed by atoms with Gasteiger partial charge in [-0.25, -0.2) is 18.5 Å². The third kappa shape index (κ3) is 5.16. The first-order valence-electron chi connectivity index (χ1n) is 12.4. The summed E-state index contributed by atoms with van der Waals surface area (Å²) < 4.78 is 26.7. The molecule has 0 saturated heterocycles. The first-order valence-corrected chi connectivity index (χ1v) is 13.2. The maximum Gasteiger partial charge on any atom is 0.333 e. The van der Waals surface area contributed by atoms with E-state index in [0.717, 1.165) is 21.1 Å². The minimum Gasteiger partial charge on any atom is -0.496 e. The van der Waals surface area contributed by atoms with Gasteiger partial charge in [0.1, 0.15) is 28.5 Å². The highest BCUT2D eigenvalue weighted by Crippen LogP contribution is 2.30. The van der Waals surface area contributed by atoms with Crippen LogP contribution < -0.4 is 16.0 Å². The summed E-state index contributed by atoms with van der Waals surface area (Å²) >= 11 is 1.24. The van der Waals surface area contributed by atoms with Crippen LogP contribution in [-0.2, 0) is 34.6 Å². The Bertz CT molecular complexity index is 1680. The maximum atomic E-state index is 14.0. The van der Waals surface area contributed by atoms with E-state index in [1.165, 1.54) is 49.0 Å². The van der Waals surface area contributed by atoms with Crippen LogP contribution in [-0.4, -0.2) is 28.0 Å². The second-order valence-electron chi connectivity index (χ2n) is 9.58. The van der Waals surface area contributed by atoms with Gasteiger partial charge >= 0.3 is 11.7 Å². The number of esters is 1. The standard InChI is InChI=1S/C29H29FN2O6S/c1-6-23-17(2)24-25(34)32(29(3,4)27(35)38-16-18-10-8-7-9-11-18)28(36)31(26(24)39-23)15-21(33)20-14-19(30)12-13-22(20)37-5/h7-14H,6,15-16H2,1-5H3. The normalized spacial score (nSPS) is 11.5. The molecule has 0 aliphatic heterocycles. The van der Waals surface area contributed by atoms with Crippen molar-refractivity contribution in [2.24, 2.45) is 0 Å². The van der Waals surface area contributed by atoms with Crippen molar-refractivity contribution in [1.82, 2.24) is 9.13 Å². The molecule has 2 aromatic carbocycles. The van der Waals surface area contributed by atoms with Gasteiger partial charge in [0.05, 0.1) is 24.6 Å². The van der Waals surface area contributed by atoms with Crippen LogP contribution in [0, 0.1) is 12.7 Å². The average molecular weight is 553 g/mol. The second kappa shape index (κ2) is 11.0. The molecule has 0 atom stereocenters. The Labute approximate surface area is 228 Å². The minimum absolute atomic E-state index is 0.0381. The van der Waals surface area contributed by atoms with Gasteiger partial charge in [0.25, 0.3) is 5.56 Å². The molecule has 0 radical (unpaired) electrons. The van der Waals surface area contributed by atoms with Crippen molar-refractivity contribution in [3.8, 4) is 5.75 Å². The lowest BCUT2D eigenvalue weighted by Crippen LogP contribution is -2.53. The van der Waals surface area contributed by atoms with Crippen molar-refractivity contribution in [3.05, 3.63) is 96.8 Å². The van der Waals surface area contributed by atoms with E-state index in [1.54, 1.807) is 31.2 Å². The third-order valence-electron chi connectivity index (χ3n) is 6.67. The van der Waals surface area contributed by atoms with Gasteiger partial charge in [-0.15, -0.1) is 11.3 Å². The summed E-state index contributed by atoms with van der Waals surface area (Å²) in [6, 6.07) is 12.6. The van der Waals surface area contributed by atoms with E-state index in [0.29, 0.717) is 16.8 Å². The molecule has 4 rings (SSSR count). The Morgan fingerprint density at radius 1 is 1.08 bits per heavy atom. The number of halogens is 1. The van der Waals surface area contributed by atoms with Crippen molar-refractivity contribution in [2.45, 2.75) is 52.8 Å². The van der Waals surface area contributed by atoms with Crippen LogP contribution in [0.1, 0.15) is 47.1 Å². The molecule has 4 aromatic rings. The molecule has 0 bridgehead atoms. The number of ketones is 1. The number of ether oxygens (including phenoxy) is 2. The molecule has 2 aromatic heterocycles. The van der Waals surface area contributed by atoms with Crippen LogP contribution in [0.3, 0.4) is 0 Å². The lowest BCUT2D eigenvalue weighted by Gasteiger charge is -2.25. The lowest BCUT2D eigenvalue weighted by molar-refractivity contribution is -0.154. The molecule has 0 spiro atoms. The van der Waals surface area contributed by atoms with Crippen LogP contribution >= 0.6 is 11.3 Å². The number of fused-ring (bicyclic) bond motifs is 1. The predicted octanol–water partition coefficient (Wildman–Crippen LogP) is 4.60. The number of hydrogen-bond acceptors (Lipinski definition) is 7. The fourth-order valence-electron chi connectivity index (χ4n) is 4.48. The topological polar surface area (TPSA) is 96.6 Å². The van der Waals surface area contributed by atoms with Crippen molar-refractivity contribution in [1.29, 1.82) is 0 Å². The SMILES string of the molecule is CCc1sc2c(c1C)c(=O)n(C(C)(C)C(=O)OCc1ccccc1)c(=O)n2CC(=O)c1cc(F)ccc1OC. The molecule has 0 unspecified atom stereocenters. The fraction of sp³-hybridized carbons (Fsp3) is 0.310. The van der Waals surface area contributed by atoms with E-state index >= 15 is 0 Å². The molecule has 10 heteroatoms. The number of rotatable bonds is 9. The van der Waals surface area contributed by atoms with Gasteiger partial charge in [-0.3, -0.25) is 14.2 Å². The van der Waals surface area contributed by atoms with Gasteiger partial charge in [-0.2, -0.15) is 0 Å². The molecule has 0 N–H and O–H groups in total. The van der Waals surface area contributed by atoms with E-state index < -0.39 is 40.9 Å². The number of aryl methyl sites for hydroxylation is 2. The molecule has 0 fully saturated rings. The summed E-state index contributed by atoms with van der Waals surface area (Å²) in [5.41, 5.74) is -1.80. The predicted molar refractivity (Wildman–Crippen MR) is 147 cm³/mol. The van der Waals surface area contributed by atoms with E-state index in [4.69, 9.17) is 9.47 Å². The summed E-state index contributed by atoms with van der Waals surface area (Å²) in [5.74, 6) is -1.85. The Morgan fingerprint density at radius 3 is 2.41 bits per heavy atom. The van der Waals surface area contributed by atoms with Gasteiger partial charge in [0.2, 0.25) is 0 Å². The molecule has 0 saturated carbocycles. The molecule has 0 amide bonds. The molecule has 0 aliphatic carbocycles. The molecule has 204 valence electrons. The minimum atomic E-state index is -1.70. The molecule has 2 heterocycles. The molecule has 39 heavy (non-hydrogen) atoms. The zero-order chi connectivity index (χ0) is 28.5. The number of carbonyl (C=O) groups excluding carboxylic acids is 2. The fourth-order valence-corrected chi connectivity index (χ4v) is 5.71. The smallest absolute Gasteiger partial charge is 0.333 e. The molecule has 8 nitrogen and oxygen atoms in total. The highest BCUT2D eigenvalue weighted by molar-refractivity contribution is 7.18. The largest absolute Gasteiger partial charge is 0.496 e. The number of methoxy groups -OCH3 is 1. The zero-order valence-corrected chi connectivity index (χ0v) is 23.2. The quantitative estimate of drug-likeness (QED) is 0.222. The summed E-state index contributed by atoms with van der Waals surface area (Å²) in [4.78, 5) is 55.5. The van der Waals surface area contributed by atoms with Crippen LogP contribution in [0.15, 0.2) is 58.1 Å². The van der Waals surface area contributed by atoms with Crippen LogP contribution in [0.4, 0.5) is 4.39 Å². The summed E-state index contributed by atoms with van der Waals surface area (Å²) in [5, 5.41) is 0.249. The number of hydrogen-bond donors (Lipinski definition) is 0. The number of Topliss-reactive ketones (excluding diaryl/α,β-unsaturated/α-hetero) is 1. The second-order valence-corrected chi connectivity index (χ2v) is 10.7. The lowest BCUT2D eigenvalue weighted by atomic mass is 10.0. The Kier molecular flexibility index (Phi) is 7.87. The first kappa shape index (κ1) is 28.0. The van der Waals surface area contributed by atoms with E-state index in [2.05, 4.69) is 0 Å². The van der Waals surface area contributed by atoms with Gasteiger partial charge < -0.3 is 9.47 Å². The van der Waals surface area contributed by atoms with E-state index in [-0.39, 0.29) is 23.3 Å². The van der Waals surface area contributed by atoms with Crippen molar-refractivity contribution >= 4 is 33.3 Å². The summed E-state index contributed by atoms with van der Waals surface area (Å²) in [6.45, 7) is 6.03. The molecular formula is C29H29FN2O6S.